The Morgan fingerprint density at radius 3 is 2.53 bits per heavy atom. The van der Waals surface area contributed by atoms with E-state index in [1.165, 1.54) is 51.4 Å². The molecule has 3 rings (SSSR count). The van der Waals surface area contributed by atoms with Gasteiger partial charge in [-0.25, -0.2) is 23.0 Å². The Balaban J connectivity index is 1.69. The molecule has 0 bridgehead atoms. The summed E-state index contributed by atoms with van der Waals surface area (Å²) in [7, 11) is -3.68. The van der Waals surface area contributed by atoms with Crippen LogP contribution in [0.5, 0.6) is 0 Å². The molecular formula is C19H21N3O6S2. The lowest BCUT2D eigenvalue weighted by molar-refractivity contribution is 0.0471. The van der Waals surface area contributed by atoms with Crippen molar-refractivity contribution in [1.82, 2.24) is 14.7 Å². The predicted molar refractivity (Wildman–Crippen MR) is 109 cm³/mol. The van der Waals surface area contributed by atoms with Crippen LogP contribution in [-0.4, -0.2) is 55.3 Å². The number of hydrazine groups is 1. The van der Waals surface area contributed by atoms with Crippen molar-refractivity contribution in [2.75, 3.05) is 19.6 Å². The minimum absolute atomic E-state index is 0.00955. The van der Waals surface area contributed by atoms with Crippen LogP contribution in [0.4, 0.5) is 4.79 Å². The second-order valence-corrected chi connectivity index (χ2v) is 9.21. The van der Waals surface area contributed by atoms with Crippen LogP contribution in [0.25, 0.3) is 0 Å². The number of rotatable bonds is 5. The Labute approximate surface area is 178 Å². The first-order valence-electron chi connectivity index (χ1n) is 9.30. The van der Waals surface area contributed by atoms with E-state index in [0.29, 0.717) is 13.1 Å². The Kier molecular flexibility index (Phi) is 6.85. The van der Waals surface area contributed by atoms with Crippen LogP contribution >= 0.6 is 11.3 Å². The maximum absolute atomic E-state index is 12.7. The molecule has 2 amide bonds. The zero-order chi connectivity index (χ0) is 21.7. The number of hydrogen-bond acceptors (Lipinski definition) is 7. The van der Waals surface area contributed by atoms with Gasteiger partial charge in [-0.05, 0) is 49.4 Å². The highest BCUT2D eigenvalue weighted by molar-refractivity contribution is 7.89. The molecule has 9 nitrogen and oxygen atoms in total. The summed E-state index contributed by atoms with van der Waals surface area (Å²) < 4.78 is 31.6. The van der Waals surface area contributed by atoms with Gasteiger partial charge in [0.1, 0.15) is 0 Å². The molecule has 0 unspecified atom stereocenters. The van der Waals surface area contributed by atoms with E-state index in [4.69, 9.17) is 4.74 Å². The maximum atomic E-state index is 12.7. The normalized spacial score (nSPS) is 14.3. The van der Waals surface area contributed by atoms with Gasteiger partial charge in [0, 0.05) is 30.6 Å². The predicted octanol–water partition coefficient (Wildman–Crippen LogP) is 2.48. The molecule has 0 atom stereocenters. The van der Waals surface area contributed by atoms with E-state index >= 15 is 0 Å². The molecule has 1 aliphatic rings. The Morgan fingerprint density at radius 1 is 1.17 bits per heavy atom. The first kappa shape index (κ1) is 21.9. The van der Waals surface area contributed by atoms with Gasteiger partial charge >= 0.3 is 12.1 Å². The monoisotopic (exact) mass is 451 g/mol. The van der Waals surface area contributed by atoms with Crippen molar-refractivity contribution in [3.8, 4) is 0 Å². The van der Waals surface area contributed by atoms with Crippen LogP contribution in [0.1, 0.15) is 40.5 Å². The fourth-order valence-electron chi connectivity index (χ4n) is 2.89. The second-order valence-electron chi connectivity index (χ2n) is 6.49. The SMILES string of the molecule is CCN(NC(=O)c1cccc(S(=O)(=O)N2CCCC2)c1)C(=O)OC(=O)c1ccsc1. The molecule has 0 radical (unpaired) electrons. The molecule has 1 N–H and O–H groups in total. The molecule has 0 spiro atoms. The van der Waals surface area contributed by atoms with Gasteiger partial charge in [-0.1, -0.05) is 6.07 Å². The molecule has 1 saturated heterocycles. The molecule has 2 heterocycles. The first-order valence-corrected chi connectivity index (χ1v) is 11.7. The lowest BCUT2D eigenvalue weighted by Crippen LogP contribution is -2.46. The Hall–Kier alpha value is -2.76. The molecule has 11 heteroatoms. The van der Waals surface area contributed by atoms with E-state index in [1.807, 2.05) is 0 Å². The van der Waals surface area contributed by atoms with Gasteiger partial charge in [-0.2, -0.15) is 15.6 Å². The van der Waals surface area contributed by atoms with Crippen LogP contribution in [0.3, 0.4) is 0 Å². The van der Waals surface area contributed by atoms with Gasteiger partial charge in [0.2, 0.25) is 10.0 Å². The lowest BCUT2D eigenvalue weighted by Gasteiger charge is -2.20. The number of benzene rings is 1. The van der Waals surface area contributed by atoms with Gasteiger partial charge in [-0.15, -0.1) is 0 Å². The molecular weight excluding hydrogens is 430 g/mol. The summed E-state index contributed by atoms with van der Waals surface area (Å²) in [6, 6.07) is 7.11. The molecule has 2 aromatic rings. The molecule has 1 fully saturated rings. The van der Waals surface area contributed by atoms with Crippen LogP contribution in [-0.2, 0) is 14.8 Å². The second kappa shape index (κ2) is 9.37. The van der Waals surface area contributed by atoms with Gasteiger partial charge in [0.15, 0.2) is 0 Å². The molecule has 160 valence electrons. The van der Waals surface area contributed by atoms with Crippen molar-refractivity contribution in [2.24, 2.45) is 0 Å². The summed E-state index contributed by atoms with van der Waals surface area (Å²) in [5.41, 5.74) is 2.64. The molecule has 0 saturated carbocycles. The van der Waals surface area contributed by atoms with E-state index in [0.717, 1.165) is 17.9 Å². The highest BCUT2D eigenvalue weighted by Crippen LogP contribution is 2.21. The standard InChI is InChI=1S/C19H21N3O6S2/c1-2-22(19(25)28-18(24)15-8-11-29-13-15)20-17(23)14-6-5-7-16(12-14)30(26,27)21-9-3-4-10-21/h5-8,11-13H,2-4,9-10H2,1H3,(H,20,23). The fraction of sp³-hybridized carbons (Fsp3) is 0.316. The van der Waals surface area contributed by atoms with E-state index in [2.05, 4.69) is 5.43 Å². The first-order chi connectivity index (χ1) is 14.3. The maximum Gasteiger partial charge on any atom is 0.436 e. The van der Waals surface area contributed by atoms with E-state index in [-0.39, 0.29) is 22.6 Å². The Morgan fingerprint density at radius 2 is 1.90 bits per heavy atom. The third-order valence-corrected chi connectivity index (χ3v) is 7.09. The number of thiophene rings is 1. The van der Waals surface area contributed by atoms with Gasteiger partial charge < -0.3 is 4.74 Å². The number of amides is 2. The van der Waals surface area contributed by atoms with Crippen LogP contribution in [0.2, 0.25) is 0 Å². The van der Waals surface area contributed by atoms with Gasteiger partial charge in [-0.3, -0.25) is 10.2 Å². The highest BCUT2D eigenvalue weighted by atomic mass is 32.2. The average molecular weight is 452 g/mol. The summed E-state index contributed by atoms with van der Waals surface area (Å²) in [4.78, 5) is 36.7. The van der Waals surface area contributed by atoms with Crippen molar-refractivity contribution in [3.05, 3.63) is 52.2 Å². The zero-order valence-electron chi connectivity index (χ0n) is 16.2. The summed E-state index contributed by atoms with van der Waals surface area (Å²) in [5.74, 6) is -1.53. The lowest BCUT2D eigenvalue weighted by atomic mass is 10.2. The highest BCUT2D eigenvalue weighted by Gasteiger charge is 2.28. The Bertz CT molecular complexity index is 1030. The van der Waals surface area contributed by atoms with Crippen LogP contribution in [0.15, 0.2) is 46.0 Å². The average Bonchev–Trinajstić information content (AvgIpc) is 3.46. The number of esters is 1. The number of carbonyl (C=O) groups excluding carboxylic acids is 3. The minimum Gasteiger partial charge on any atom is -0.371 e. The minimum atomic E-state index is -3.68. The van der Waals surface area contributed by atoms with Crippen molar-refractivity contribution in [3.63, 3.8) is 0 Å². The summed E-state index contributed by atoms with van der Waals surface area (Å²) in [6.45, 7) is 2.52. The van der Waals surface area contributed by atoms with Crippen molar-refractivity contribution in [1.29, 1.82) is 0 Å². The van der Waals surface area contributed by atoms with Crippen molar-refractivity contribution in [2.45, 2.75) is 24.7 Å². The van der Waals surface area contributed by atoms with E-state index in [1.54, 1.807) is 12.3 Å². The number of hydrogen-bond donors (Lipinski definition) is 1. The van der Waals surface area contributed by atoms with E-state index < -0.39 is 28.0 Å². The van der Waals surface area contributed by atoms with E-state index in [9.17, 15) is 22.8 Å². The molecule has 30 heavy (non-hydrogen) atoms. The van der Waals surface area contributed by atoms with Gasteiger partial charge in [0.05, 0.1) is 10.5 Å². The third kappa shape index (κ3) is 4.86. The number of nitrogens with one attached hydrogen (secondary N) is 1. The number of carbonyl (C=O) groups is 3. The summed E-state index contributed by atoms with van der Waals surface area (Å²) in [6.07, 6.45) is 0.566. The quantitative estimate of drug-likeness (QED) is 0.425. The van der Waals surface area contributed by atoms with Crippen molar-refractivity contribution < 1.29 is 27.5 Å². The number of ether oxygens (including phenoxy) is 1. The molecule has 1 aromatic carbocycles. The molecule has 1 aromatic heterocycles. The topological polar surface area (TPSA) is 113 Å². The molecule has 1 aliphatic heterocycles. The van der Waals surface area contributed by atoms with Gasteiger partial charge in [0.25, 0.3) is 5.91 Å². The van der Waals surface area contributed by atoms with Crippen molar-refractivity contribution >= 4 is 39.3 Å². The smallest absolute Gasteiger partial charge is 0.371 e. The van der Waals surface area contributed by atoms with Crippen LogP contribution < -0.4 is 5.43 Å². The zero-order valence-corrected chi connectivity index (χ0v) is 17.9. The summed E-state index contributed by atoms with van der Waals surface area (Å²) in [5, 5.41) is 4.05. The summed E-state index contributed by atoms with van der Waals surface area (Å²) >= 11 is 1.28. The fourth-order valence-corrected chi connectivity index (χ4v) is 5.08. The van der Waals surface area contributed by atoms with Crippen LogP contribution in [0, 0.1) is 0 Å². The molecule has 0 aliphatic carbocycles. The third-order valence-electron chi connectivity index (χ3n) is 4.51. The number of sulfonamides is 1. The number of nitrogens with zero attached hydrogens (tertiary/aromatic N) is 2. The largest absolute Gasteiger partial charge is 0.436 e.